The molecule has 0 aliphatic rings. The normalized spacial score (nSPS) is 11.6. The van der Waals surface area contributed by atoms with Gasteiger partial charge in [-0.1, -0.05) is 133 Å². The van der Waals surface area contributed by atoms with Crippen LogP contribution >= 0.6 is 0 Å². The predicted octanol–water partition coefficient (Wildman–Crippen LogP) is 13.8. The maximum atomic E-state index is 6.34. The molecular weight excluding hydrogens is 607 g/mol. The zero-order chi connectivity index (χ0) is 33.0. The molecule has 2 nitrogen and oxygen atoms in total. The molecule has 0 aliphatic heterocycles. The Balaban J connectivity index is 1.08. The van der Waals surface area contributed by atoms with Gasteiger partial charge in [-0.15, -0.1) is 0 Å². The summed E-state index contributed by atoms with van der Waals surface area (Å²) in [6.45, 7) is 0. The maximum absolute atomic E-state index is 6.34. The summed E-state index contributed by atoms with van der Waals surface area (Å²) in [5.74, 6) is 0. The lowest BCUT2D eigenvalue weighted by atomic mass is 9.94. The van der Waals surface area contributed by atoms with E-state index in [-0.39, 0.29) is 0 Å². The van der Waals surface area contributed by atoms with E-state index in [1.807, 2.05) is 12.1 Å². The second-order valence-electron chi connectivity index (χ2n) is 13.0. The van der Waals surface area contributed by atoms with Crippen LogP contribution in [-0.2, 0) is 0 Å². The first-order chi connectivity index (χ1) is 24.8. The second kappa shape index (κ2) is 11.5. The summed E-state index contributed by atoms with van der Waals surface area (Å²) in [7, 11) is 0. The molecule has 0 atom stereocenters. The minimum atomic E-state index is 0.876. The molecule has 9 aromatic carbocycles. The van der Waals surface area contributed by atoms with Gasteiger partial charge in [0, 0.05) is 33.9 Å². The number of hydrogen-bond donors (Lipinski definition) is 0. The van der Waals surface area contributed by atoms with Crippen LogP contribution in [0.5, 0.6) is 0 Å². The highest BCUT2D eigenvalue weighted by Crippen LogP contribution is 2.41. The van der Waals surface area contributed by atoms with Crippen LogP contribution in [0.2, 0.25) is 0 Å². The smallest absolute Gasteiger partial charge is 0.137 e. The van der Waals surface area contributed by atoms with Crippen LogP contribution in [0.25, 0.3) is 76.5 Å². The van der Waals surface area contributed by atoms with Crippen molar-refractivity contribution < 1.29 is 4.42 Å². The lowest BCUT2D eigenvalue weighted by molar-refractivity contribution is 0.669. The summed E-state index contributed by atoms with van der Waals surface area (Å²) < 4.78 is 6.34. The number of nitrogens with zero attached hydrogens (tertiary/aromatic N) is 1. The molecule has 234 valence electrons. The zero-order valence-electron chi connectivity index (χ0n) is 27.3. The third-order valence-corrected chi connectivity index (χ3v) is 10.0. The Kier molecular flexibility index (Phi) is 6.53. The van der Waals surface area contributed by atoms with Gasteiger partial charge >= 0.3 is 0 Å². The summed E-state index contributed by atoms with van der Waals surface area (Å²) >= 11 is 0. The average Bonchev–Trinajstić information content (AvgIpc) is 3.56. The number of hydrogen-bond acceptors (Lipinski definition) is 2. The number of furan rings is 1. The van der Waals surface area contributed by atoms with Gasteiger partial charge in [-0.05, 0) is 103 Å². The van der Waals surface area contributed by atoms with Crippen LogP contribution in [0.1, 0.15) is 0 Å². The van der Waals surface area contributed by atoms with Crippen molar-refractivity contribution in [1.29, 1.82) is 0 Å². The van der Waals surface area contributed by atoms with Crippen LogP contribution < -0.4 is 4.90 Å². The summed E-state index contributed by atoms with van der Waals surface area (Å²) in [5, 5.41) is 9.93. The van der Waals surface area contributed by atoms with Crippen molar-refractivity contribution in [3.05, 3.63) is 188 Å². The van der Waals surface area contributed by atoms with E-state index in [4.69, 9.17) is 4.42 Å². The SMILES string of the molecule is c1ccc(-c2cccc(N(c3ccc(-c4ccc5c(ccc6ccc7ccccc7c65)c4)cc3)c3ccc4c(c3)oc3ccccc34)c2)cc1. The highest BCUT2D eigenvalue weighted by molar-refractivity contribution is 6.20. The fraction of sp³-hybridized carbons (Fsp3) is 0. The van der Waals surface area contributed by atoms with E-state index < -0.39 is 0 Å². The topological polar surface area (TPSA) is 16.4 Å². The molecule has 0 bridgehead atoms. The Morgan fingerprint density at radius 1 is 0.300 bits per heavy atom. The van der Waals surface area contributed by atoms with Crippen molar-refractivity contribution in [3.63, 3.8) is 0 Å². The highest BCUT2D eigenvalue weighted by atomic mass is 16.3. The molecule has 0 saturated carbocycles. The lowest BCUT2D eigenvalue weighted by Crippen LogP contribution is -2.10. The molecular formula is C48H31NO. The van der Waals surface area contributed by atoms with Gasteiger partial charge in [-0.3, -0.25) is 0 Å². The second-order valence-corrected chi connectivity index (χ2v) is 13.0. The highest BCUT2D eigenvalue weighted by Gasteiger charge is 2.17. The lowest BCUT2D eigenvalue weighted by Gasteiger charge is -2.26. The fourth-order valence-electron chi connectivity index (χ4n) is 7.57. The molecule has 0 unspecified atom stereocenters. The first kappa shape index (κ1) is 28.4. The number of rotatable bonds is 5. The molecule has 1 aromatic heterocycles. The van der Waals surface area contributed by atoms with E-state index in [1.165, 1.54) is 54.6 Å². The Bertz CT molecular complexity index is 2870. The average molecular weight is 638 g/mol. The third-order valence-electron chi connectivity index (χ3n) is 10.0. The van der Waals surface area contributed by atoms with Crippen molar-refractivity contribution in [1.82, 2.24) is 0 Å². The molecule has 10 aromatic rings. The van der Waals surface area contributed by atoms with Crippen molar-refractivity contribution >= 4 is 71.3 Å². The van der Waals surface area contributed by atoms with Crippen molar-refractivity contribution in [3.8, 4) is 22.3 Å². The Labute approximate surface area is 290 Å². The maximum Gasteiger partial charge on any atom is 0.137 e. The van der Waals surface area contributed by atoms with E-state index in [0.29, 0.717) is 0 Å². The first-order valence-corrected chi connectivity index (χ1v) is 17.1. The molecule has 0 saturated heterocycles. The van der Waals surface area contributed by atoms with Gasteiger partial charge in [0.25, 0.3) is 0 Å². The van der Waals surface area contributed by atoms with E-state index >= 15 is 0 Å². The van der Waals surface area contributed by atoms with Crippen LogP contribution in [0.15, 0.2) is 192 Å². The van der Waals surface area contributed by atoms with E-state index in [0.717, 1.165) is 39.0 Å². The summed E-state index contributed by atoms with van der Waals surface area (Å²) in [4.78, 5) is 2.32. The van der Waals surface area contributed by atoms with Gasteiger partial charge in [0.2, 0.25) is 0 Å². The van der Waals surface area contributed by atoms with E-state index in [9.17, 15) is 0 Å². The van der Waals surface area contributed by atoms with Crippen molar-refractivity contribution in [2.75, 3.05) is 4.90 Å². The molecule has 10 rings (SSSR count). The van der Waals surface area contributed by atoms with E-state index in [2.05, 4.69) is 181 Å². The van der Waals surface area contributed by atoms with Gasteiger partial charge in [-0.2, -0.15) is 0 Å². The zero-order valence-corrected chi connectivity index (χ0v) is 27.3. The molecule has 50 heavy (non-hydrogen) atoms. The standard InChI is InChI=1S/C48H31NO/c1-2-9-32(10-3-1)36-12-8-13-40(30-36)49(41-26-28-45-44-15-6-7-16-46(44)50-47(45)31-41)39-24-21-33(22-25-39)37-23-27-43-38(29-37)20-19-35-18-17-34-11-4-5-14-42(34)48(35)43/h1-31H. The Morgan fingerprint density at radius 3 is 1.76 bits per heavy atom. The van der Waals surface area contributed by atoms with Gasteiger partial charge < -0.3 is 9.32 Å². The summed E-state index contributed by atoms with van der Waals surface area (Å²) in [5.41, 5.74) is 9.72. The molecule has 0 amide bonds. The van der Waals surface area contributed by atoms with Gasteiger partial charge in [0.1, 0.15) is 11.2 Å². The number of para-hydroxylation sites is 1. The fourth-order valence-corrected chi connectivity index (χ4v) is 7.57. The molecule has 1 heterocycles. The monoisotopic (exact) mass is 637 g/mol. The predicted molar refractivity (Wildman–Crippen MR) is 212 cm³/mol. The summed E-state index contributed by atoms with van der Waals surface area (Å²) in [6, 6.07) is 67.5. The number of anilines is 3. The molecule has 0 aliphatic carbocycles. The number of benzene rings is 9. The molecule has 0 fully saturated rings. The van der Waals surface area contributed by atoms with Crippen LogP contribution in [-0.4, -0.2) is 0 Å². The van der Waals surface area contributed by atoms with Crippen molar-refractivity contribution in [2.45, 2.75) is 0 Å². The third kappa shape index (κ3) is 4.73. The largest absolute Gasteiger partial charge is 0.456 e. The molecule has 0 N–H and O–H groups in total. The van der Waals surface area contributed by atoms with Crippen molar-refractivity contribution in [2.24, 2.45) is 0 Å². The van der Waals surface area contributed by atoms with Crippen LogP contribution in [0.3, 0.4) is 0 Å². The minimum absolute atomic E-state index is 0.876. The van der Waals surface area contributed by atoms with Gasteiger partial charge in [-0.25, -0.2) is 0 Å². The van der Waals surface area contributed by atoms with Crippen LogP contribution in [0.4, 0.5) is 17.1 Å². The summed E-state index contributed by atoms with van der Waals surface area (Å²) in [6.07, 6.45) is 0. The van der Waals surface area contributed by atoms with E-state index in [1.54, 1.807) is 0 Å². The Hall–Kier alpha value is -6.64. The molecule has 0 spiro atoms. The first-order valence-electron chi connectivity index (χ1n) is 17.1. The molecule has 0 radical (unpaired) electrons. The quantitative estimate of drug-likeness (QED) is 0.175. The Morgan fingerprint density at radius 2 is 0.880 bits per heavy atom. The minimum Gasteiger partial charge on any atom is -0.456 e. The van der Waals surface area contributed by atoms with Gasteiger partial charge in [0.05, 0.1) is 0 Å². The van der Waals surface area contributed by atoms with Crippen LogP contribution in [0, 0.1) is 0 Å². The molecule has 2 heteroatoms. The number of fused-ring (bicyclic) bond motifs is 8. The van der Waals surface area contributed by atoms with Gasteiger partial charge in [0.15, 0.2) is 0 Å².